The third-order valence-corrected chi connectivity index (χ3v) is 6.04. The van der Waals surface area contributed by atoms with Gasteiger partial charge in [-0.25, -0.2) is 0 Å². The number of aliphatic hydroxyl groups is 1. The molecule has 1 aliphatic rings. The molecule has 6 nitrogen and oxygen atoms in total. The van der Waals surface area contributed by atoms with Gasteiger partial charge in [-0.3, -0.25) is 4.90 Å². The maximum atomic E-state index is 10.6. The zero-order valence-electron chi connectivity index (χ0n) is 20.3. The first kappa shape index (κ1) is 24.7. The third-order valence-electron chi connectivity index (χ3n) is 6.04. The Kier molecular flexibility index (Phi) is 9.57. The van der Waals surface area contributed by atoms with Crippen LogP contribution >= 0.6 is 0 Å². The summed E-state index contributed by atoms with van der Waals surface area (Å²) in [5.41, 5.74) is 3.10. The van der Waals surface area contributed by atoms with Gasteiger partial charge in [-0.2, -0.15) is 0 Å². The van der Waals surface area contributed by atoms with Crippen molar-refractivity contribution in [2.24, 2.45) is 11.8 Å². The molecule has 6 heteroatoms. The molecule has 2 aromatic rings. The fraction of sp³-hybridized carbons (Fsp3) is 0.654. The Morgan fingerprint density at radius 3 is 2.56 bits per heavy atom. The van der Waals surface area contributed by atoms with Crippen molar-refractivity contribution in [2.45, 2.75) is 59.6 Å². The maximum Gasteiger partial charge on any atom is 0.232 e. The van der Waals surface area contributed by atoms with E-state index >= 15 is 0 Å². The predicted octanol–water partition coefficient (Wildman–Crippen LogP) is 4.82. The second-order valence-electron chi connectivity index (χ2n) is 9.67. The quantitative estimate of drug-likeness (QED) is 0.507. The Morgan fingerprint density at radius 1 is 1.19 bits per heavy atom. The van der Waals surface area contributed by atoms with Gasteiger partial charge in [0.2, 0.25) is 5.88 Å². The summed E-state index contributed by atoms with van der Waals surface area (Å²) in [7, 11) is 0. The molecule has 0 aliphatic carbocycles. The van der Waals surface area contributed by atoms with Gasteiger partial charge in [0.05, 0.1) is 18.3 Å². The summed E-state index contributed by atoms with van der Waals surface area (Å²) in [4.78, 5) is 4.65. The van der Waals surface area contributed by atoms with Crippen LogP contribution in [-0.4, -0.2) is 60.7 Å². The van der Waals surface area contributed by atoms with E-state index in [0.717, 1.165) is 54.7 Å². The van der Waals surface area contributed by atoms with Crippen molar-refractivity contribution < 1.29 is 14.4 Å². The van der Waals surface area contributed by atoms with Crippen LogP contribution in [0.2, 0.25) is 0 Å². The normalized spacial score (nSPS) is 16.3. The number of hydrogen-bond acceptors (Lipinski definition) is 6. The van der Waals surface area contributed by atoms with E-state index in [-0.39, 0.29) is 0 Å². The van der Waals surface area contributed by atoms with Gasteiger partial charge in [0.15, 0.2) is 0 Å². The number of benzene rings is 1. The number of rotatable bonds is 12. The van der Waals surface area contributed by atoms with E-state index in [2.05, 4.69) is 54.8 Å². The van der Waals surface area contributed by atoms with Crippen molar-refractivity contribution in [3.63, 3.8) is 0 Å². The zero-order chi connectivity index (χ0) is 22.9. The first-order valence-corrected chi connectivity index (χ1v) is 12.2. The molecule has 32 heavy (non-hydrogen) atoms. The van der Waals surface area contributed by atoms with Gasteiger partial charge in [-0.05, 0) is 37.6 Å². The van der Waals surface area contributed by atoms with Gasteiger partial charge in [-0.1, -0.05) is 63.2 Å². The molecule has 1 saturated heterocycles. The molecular formula is C26H41N3O3. The second kappa shape index (κ2) is 12.4. The average molecular weight is 444 g/mol. The molecule has 1 N–H and O–H groups in total. The van der Waals surface area contributed by atoms with Crippen LogP contribution in [0.3, 0.4) is 0 Å². The molecule has 0 bridgehead atoms. The second-order valence-corrected chi connectivity index (χ2v) is 9.67. The Hall–Kier alpha value is -1.89. The van der Waals surface area contributed by atoms with Crippen molar-refractivity contribution in [2.75, 3.05) is 44.3 Å². The smallest absolute Gasteiger partial charge is 0.232 e. The molecule has 0 spiro atoms. The van der Waals surface area contributed by atoms with Gasteiger partial charge in [0, 0.05) is 38.3 Å². The molecule has 2 heterocycles. The van der Waals surface area contributed by atoms with Crippen molar-refractivity contribution in [1.29, 1.82) is 0 Å². The minimum Gasteiger partial charge on any atom is -0.389 e. The maximum absolute atomic E-state index is 10.6. The largest absolute Gasteiger partial charge is 0.389 e. The number of piperidine rings is 1. The van der Waals surface area contributed by atoms with E-state index in [4.69, 9.17) is 9.26 Å². The highest BCUT2D eigenvalue weighted by molar-refractivity contribution is 5.68. The number of nitrogens with zero attached hydrogens (tertiary/aromatic N) is 3. The predicted molar refractivity (Wildman–Crippen MR) is 130 cm³/mol. The standard InChI is InChI=1S/C26H41N3O3/c1-5-13-28(16-23(30)19-31-18-20(2)3)17-24-25(22-9-7-6-8-10-22)27-32-26(24)29-14-11-21(4)12-15-29/h6-10,20-21,23,30H,5,11-19H2,1-4H3. The van der Waals surface area contributed by atoms with Crippen LogP contribution < -0.4 is 4.90 Å². The van der Waals surface area contributed by atoms with E-state index < -0.39 is 6.10 Å². The molecule has 0 radical (unpaired) electrons. The van der Waals surface area contributed by atoms with Gasteiger partial charge in [0.25, 0.3) is 0 Å². The third kappa shape index (κ3) is 7.06. The van der Waals surface area contributed by atoms with Crippen molar-refractivity contribution in [3.8, 4) is 11.3 Å². The lowest BCUT2D eigenvalue weighted by Gasteiger charge is -2.31. The first-order valence-electron chi connectivity index (χ1n) is 12.2. The summed E-state index contributed by atoms with van der Waals surface area (Å²) in [6.07, 6.45) is 2.85. The lowest BCUT2D eigenvalue weighted by molar-refractivity contribution is 0.00693. The van der Waals surface area contributed by atoms with Crippen LogP contribution in [0.15, 0.2) is 34.9 Å². The van der Waals surface area contributed by atoms with Gasteiger partial charge in [0.1, 0.15) is 5.69 Å². The lowest BCUT2D eigenvalue weighted by atomic mass is 9.98. The average Bonchev–Trinajstić information content (AvgIpc) is 3.18. The van der Waals surface area contributed by atoms with E-state index in [1.54, 1.807) is 0 Å². The molecule has 178 valence electrons. The SMILES string of the molecule is CCCN(Cc1c(-c2ccccc2)noc1N1CCC(C)CC1)CC(O)COCC(C)C. The van der Waals surface area contributed by atoms with Gasteiger partial charge >= 0.3 is 0 Å². The summed E-state index contributed by atoms with van der Waals surface area (Å²) in [6, 6.07) is 10.3. The first-order chi connectivity index (χ1) is 15.5. The topological polar surface area (TPSA) is 62.0 Å². The van der Waals surface area contributed by atoms with Crippen LogP contribution in [0, 0.1) is 11.8 Å². The number of aromatic nitrogens is 1. The summed E-state index contributed by atoms with van der Waals surface area (Å²) in [5.74, 6) is 2.11. The van der Waals surface area contributed by atoms with E-state index in [1.807, 2.05) is 18.2 Å². The van der Waals surface area contributed by atoms with Crippen LogP contribution in [-0.2, 0) is 11.3 Å². The summed E-state index contributed by atoms with van der Waals surface area (Å²) in [6.45, 7) is 13.9. The molecule has 1 aliphatic heterocycles. The Morgan fingerprint density at radius 2 is 1.91 bits per heavy atom. The Balaban J connectivity index is 1.79. The Bertz CT molecular complexity index is 785. The minimum absolute atomic E-state index is 0.366. The van der Waals surface area contributed by atoms with E-state index in [1.165, 1.54) is 12.8 Å². The molecule has 1 atom stereocenters. The number of anilines is 1. The highest BCUT2D eigenvalue weighted by Crippen LogP contribution is 2.34. The zero-order valence-corrected chi connectivity index (χ0v) is 20.3. The molecular weight excluding hydrogens is 402 g/mol. The summed E-state index contributed by atoms with van der Waals surface area (Å²) >= 11 is 0. The molecule has 0 amide bonds. The van der Waals surface area contributed by atoms with E-state index in [9.17, 15) is 5.11 Å². The molecule has 1 aromatic carbocycles. The van der Waals surface area contributed by atoms with Gasteiger partial charge in [-0.15, -0.1) is 0 Å². The van der Waals surface area contributed by atoms with Crippen LogP contribution in [0.1, 0.15) is 52.5 Å². The monoisotopic (exact) mass is 443 g/mol. The number of aliphatic hydroxyl groups excluding tert-OH is 1. The van der Waals surface area contributed by atoms with E-state index in [0.29, 0.717) is 32.2 Å². The highest BCUT2D eigenvalue weighted by atomic mass is 16.5. The minimum atomic E-state index is -0.514. The number of hydrogen-bond donors (Lipinski definition) is 1. The van der Waals surface area contributed by atoms with Gasteiger partial charge < -0.3 is 19.3 Å². The fourth-order valence-corrected chi connectivity index (χ4v) is 4.29. The van der Waals surface area contributed by atoms with Crippen molar-refractivity contribution in [1.82, 2.24) is 10.1 Å². The number of ether oxygens (including phenoxy) is 1. The van der Waals surface area contributed by atoms with Crippen molar-refractivity contribution >= 4 is 5.88 Å². The molecule has 1 unspecified atom stereocenters. The molecule has 1 aromatic heterocycles. The van der Waals surface area contributed by atoms with Crippen LogP contribution in [0.5, 0.6) is 0 Å². The van der Waals surface area contributed by atoms with Crippen molar-refractivity contribution in [3.05, 3.63) is 35.9 Å². The molecule has 3 rings (SSSR count). The fourth-order valence-electron chi connectivity index (χ4n) is 4.29. The van der Waals surface area contributed by atoms with Crippen LogP contribution in [0.25, 0.3) is 11.3 Å². The summed E-state index contributed by atoms with van der Waals surface area (Å²) < 4.78 is 11.6. The highest BCUT2D eigenvalue weighted by Gasteiger charge is 2.27. The summed E-state index contributed by atoms with van der Waals surface area (Å²) in [5, 5.41) is 15.1. The molecule has 0 saturated carbocycles. The van der Waals surface area contributed by atoms with Crippen LogP contribution in [0.4, 0.5) is 5.88 Å². The Labute approximate surface area is 193 Å². The molecule has 1 fully saturated rings. The lowest BCUT2D eigenvalue weighted by Crippen LogP contribution is -2.37.